The van der Waals surface area contributed by atoms with Crippen molar-refractivity contribution >= 4 is 17.3 Å². The number of methoxy groups -OCH3 is 1. The Hall–Kier alpha value is -2.90. The van der Waals surface area contributed by atoms with Crippen LogP contribution in [-0.2, 0) is 0 Å². The van der Waals surface area contributed by atoms with Gasteiger partial charge >= 0.3 is 0 Å². The normalized spacial score (nSPS) is 10.3. The predicted molar refractivity (Wildman–Crippen MR) is 80.2 cm³/mol. The van der Waals surface area contributed by atoms with Crippen LogP contribution in [-0.4, -0.2) is 27.1 Å². The monoisotopic (exact) mass is 324 g/mol. The number of nitrogens with one attached hydrogen (secondary N) is 1. The number of rotatable bonds is 4. The summed E-state index contributed by atoms with van der Waals surface area (Å²) >= 11 is 0. The Morgan fingerprint density at radius 3 is 2.30 bits per heavy atom. The second-order valence-corrected chi connectivity index (χ2v) is 4.81. The lowest BCUT2D eigenvalue weighted by Crippen LogP contribution is -2.17. The largest absolute Gasteiger partial charge is 0.490 e. The third-order valence-corrected chi connectivity index (χ3v) is 2.96. The highest BCUT2D eigenvalue weighted by Crippen LogP contribution is 2.25. The Labute approximate surface area is 130 Å². The van der Waals surface area contributed by atoms with Crippen molar-refractivity contribution in [3.8, 4) is 5.75 Å². The zero-order valence-electron chi connectivity index (χ0n) is 12.6. The zero-order chi connectivity index (χ0) is 17.1. The number of carbonyl (C=O) groups excluding carboxylic acids is 1. The summed E-state index contributed by atoms with van der Waals surface area (Å²) in [6.07, 6.45) is 0.980. The van der Waals surface area contributed by atoms with Crippen LogP contribution in [0.25, 0.3) is 0 Å². The number of carbonyl (C=O) groups is 1. The second kappa shape index (κ2) is 6.47. The smallest absolute Gasteiger partial charge is 0.291 e. The molecule has 0 aliphatic heterocycles. The molecular weight excluding hydrogens is 310 g/mol. The molecule has 1 aromatic heterocycles. The summed E-state index contributed by atoms with van der Waals surface area (Å²) in [5, 5.41) is 2.26. The van der Waals surface area contributed by atoms with Gasteiger partial charge in [0.25, 0.3) is 5.91 Å². The molecule has 0 aliphatic carbocycles. The van der Waals surface area contributed by atoms with Crippen molar-refractivity contribution in [1.29, 1.82) is 0 Å². The molecule has 0 bridgehead atoms. The van der Waals surface area contributed by atoms with E-state index in [0.717, 1.165) is 24.5 Å². The van der Waals surface area contributed by atoms with Crippen molar-refractivity contribution in [2.45, 2.75) is 0 Å². The van der Waals surface area contributed by atoms with Crippen LogP contribution in [0.3, 0.4) is 0 Å². The number of anilines is 2. The first-order chi connectivity index (χ1) is 10.8. The lowest BCUT2D eigenvalue weighted by molar-refractivity contribution is 0.0993. The number of halogens is 2. The summed E-state index contributed by atoms with van der Waals surface area (Å²) in [4.78, 5) is 24.8. The average Bonchev–Trinajstić information content (AvgIpc) is 2.45. The summed E-state index contributed by atoms with van der Waals surface area (Å²) in [6.45, 7) is 0. The lowest BCUT2D eigenvalue weighted by atomic mass is 10.2. The van der Waals surface area contributed by atoms with Gasteiger partial charge in [-0.15, -0.1) is 0 Å². The van der Waals surface area contributed by atoms with Crippen LogP contribution in [0.1, 0.15) is 10.6 Å². The topological polar surface area (TPSA) is 71.8 Å². The Morgan fingerprint density at radius 2 is 1.83 bits per heavy atom. The van der Waals surface area contributed by atoms with Crippen LogP contribution < -0.4 is 20.4 Å². The molecule has 1 N–H and O–H groups in total. The maximum atomic E-state index is 13.9. The van der Waals surface area contributed by atoms with Crippen molar-refractivity contribution < 1.29 is 22.7 Å². The number of nitrogens with zero attached hydrogens (tertiary/aromatic N) is 1. The first-order valence-corrected chi connectivity index (χ1v) is 6.48. The van der Waals surface area contributed by atoms with E-state index in [9.17, 15) is 18.4 Å². The molecule has 2 aromatic rings. The number of ether oxygens (including phenoxy) is 1. The number of benzene rings is 1. The van der Waals surface area contributed by atoms with Gasteiger partial charge in [-0.1, -0.05) is 0 Å². The van der Waals surface area contributed by atoms with E-state index in [1.54, 1.807) is 0 Å². The third kappa shape index (κ3) is 3.47. The second-order valence-electron chi connectivity index (χ2n) is 4.81. The molecule has 0 spiro atoms. The molecule has 0 saturated heterocycles. The summed E-state index contributed by atoms with van der Waals surface area (Å²) < 4.78 is 37.4. The van der Waals surface area contributed by atoms with Gasteiger partial charge in [0, 0.05) is 25.8 Å². The van der Waals surface area contributed by atoms with Gasteiger partial charge in [0.2, 0.25) is 11.2 Å². The number of amides is 1. The van der Waals surface area contributed by atoms with E-state index in [1.807, 2.05) is 0 Å². The Balaban J connectivity index is 2.27. The lowest BCUT2D eigenvalue weighted by Gasteiger charge is -2.15. The van der Waals surface area contributed by atoms with Crippen LogP contribution in [0.2, 0.25) is 0 Å². The molecular formula is C15H14F2N2O4. The van der Waals surface area contributed by atoms with E-state index in [2.05, 4.69) is 5.32 Å². The van der Waals surface area contributed by atoms with Gasteiger partial charge in [0.1, 0.15) is 12.0 Å². The maximum Gasteiger partial charge on any atom is 0.291 e. The molecule has 2 rings (SSSR count). The molecule has 0 atom stereocenters. The van der Waals surface area contributed by atoms with Gasteiger partial charge in [-0.05, 0) is 12.1 Å². The highest BCUT2D eigenvalue weighted by Gasteiger charge is 2.16. The van der Waals surface area contributed by atoms with Crippen LogP contribution in [0.5, 0.6) is 5.75 Å². The predicted octanol–water partition coefficient (Wildman–Crippen LogP) is 2.24. The maximum absolute atomic E-state index is 13.9. The standard InChI is InChI=1S/C15H14F2N2O4/c1-19(2)14-9(16)4-8(5-10(14)17)18-15(21)12-6-11(20)13(22-3)7-23-12/h4-7H,1-3H3,(H,18,21). The first kappa shape index (κ1) is 16.5. The van der Waals surface area contributed by atoms with Gasteiger partial charge in [-0.25, -0.2) is 8.78 Å². The highest BCUT2D eigenvalue weighted by atomic mass is 19.1. The molecule has 0 unspecified atom stereocenters. The fourth-order valence-corrected chi connectivity index (χ4v) is 1.92. The van der Waals surface area contributed by atoms with Crippen LogP contribution in [0.4, 0.5) is 20.2 Å². The van der Waals surface area contributed by atoms with Gasteiger partial charge in [0.05, 0.1) is 7.11 Å². The van der Waals surface area contributed by atoms with Gasteiger partial charge < -0.3 is 19.4 Å². The minimum Gasteiger partial charge on any atom is -0.490 e. The number of hydrogen-bond donors (Lipinski definition) is 1. The Morgan fingerprint density at radius 1 is 1.22 bits per heavy atom. The fraction of sp³-hybridized carbons (Fsp3) is 0.200. The molecule has 0 saturated carbocycles. The van der Waals surface area contributed by atoms with Crippen molar-refractivity contribution in [2.24, 2.45) is 0 Å². The molecule has 6 nitrogen and oxygen atoms in total. The highest BCUT2D eigenvalue weighted by molar-refractivity contribution is 6.02. The van der Waals surface area contributed by atoms with Crippen molar-refractivity contribution in [3.63, 3.8) is 0 Å². The van der Waals surface area contributed by atoms with E-state index in [4.69, 9.17) is 9.15 Å². The SMILES string of the molecule is COc1coc(C(=O)Nc2cc(F)c(N(C)C)c(F)c2)cc1=O. The Kier molecular flexibility index (Phi) is 4.63. The zero-order valence-corrected chi connectivity index (χ0v) is 12.6. The van der Waals surface area contributed by atoms with Crippen molar-refractivity contribution in [1.82, 2.24) is 0 Å². The van der Waals surface area contributed by atoms with E-state index in [1.165, 1.54) is 26.1 Å². The van der Waals surface area contributed by atoms with E-state index in [-0.39, 0.29) is 22.9 Å². The third-order valence-electron chi connectivity index (χ3n) is 2.96. The summed E-state index contributed by atoms with van der Waals surface area (Å²) in [5.74, 6) is -2.86. The molecule has 23 heavy (non-hydrogen) atoms. The van der Waals surface area contributed by atoms with Gasteiger partial charge in [-0.3, -0.25) is 9.59 Å². The van der Waals surface area contributed by atoms with Crippen LogP contribution >= 0.6 is 0 Å². The molecule has 8 heteroatoms. The number of hydrogen-bond acceptors (Lipinski definition) is 5. The molecule has 1 amide bonds. The van der Waals surface area contributed by atoms with E-state index < -0.39 is 23.0 Å². The van der Waals surface area contributed by atoms with Crippen molar-refractivity contribution in [3.05, 3.63) is 52.1 Å². The minimum absolute atomic E-state index is 0.0611. The molecule has 1 aromatic carbocycles. The van der Waals surface area contributed by atoms with Gasteiger partial charge in [0.15, 0.2) is 17.4 Å². The van der Waals surface area contributed by atoms with E-state index >= 15 is 0 Å². The molecule has 0 radical (unpaired) electrons. The molecule has 0 aliphatic rings. The quantitative estimate of drug-likeness (QED) is 0.934. The average molecular weight is 324 g/mol. The van der Waals surface area contributed by atoms with Gasteiger partial charge in [-0.2, -0.15) is 0 Å². The molecule has 1 heterocycles. The Bertz CT molecular complexity index is 779. The minimum atomic E-state index is -0.832. The summed E-state index contributed by atoms with van der Waals surface area (Å²) in [6, 6.07) is 2.87. The van der Waals surface area contributed by atoms with Crippen molar-refractivity contribution in [2.75, 3.05) is 31.4 Å². The summed E-state index contributed by atoms with van der Waals surface area (Å²) in [7, 11) is 4.27. The van der Waals surface area contributed by atoms with E-state index in [0.29, 0.717) is 0 Å². The van der Waals surface area contributed by atoms with Crippen LogP contribution in [0, 0.1) is 11.6 Å². The fourth-order valence-electron chi connectivity index (χ4n) is 1.92. The molecule has 122 valence electrons. The summed E-state index contributed by atoms with van der Waals surface area (Å²) in [5.41, 5.74) is -0.878. The molecule has 0 fully saturated rings. The van der Waals surface area contributed by atoms with Crippen LogP contribution in [0.15, 0.2) is 33.7 Å². The first-order valence-electron chi connectivity index (χ1n) is 6.48.